The first kappa shape index (κ1) is 14.0. The summed E-state index contributed by atoms with van der Waals surface area (Å²) in [7, 11) is 1.72. The lowest BCUT2D eigenvalue weighted by molar-refractivity contribution is 0.131. The molecule has 0 N–H and O–H groups in total. The van der Waals surface area contributed by atoms with Gasteiger partial charge in [-0.3, -0.25) is 0 Å². The molecule has 0 radical (unpaired) electrons. The predicted octanol–water partition coefficient (Wildman–Crippen LogP) is 3.26. The zero-order valence-electron chi connectivity index (χ0n) is 10.5. The number of halogens is 1. The zero-order valence-corrected chi connectivity index (χ0v) is 11.3. The summed E-state index contributed by atoms with van der Waals surface area (Å²) in [5.74, 6) is 1.71. The van der Waals surface area contributed by atoms with Crippen LogP contribution in [0.1, 0.15) is 19.7 Å². The lowest BCUT2D eigenvalue weighted by Crippen LogP contribution is -2.08. The van der Waals surface area contributed by atoms with Gasteiger partial charge in [0.1, 0.15) is 12.6 Å². The maximum absolute atomic E-state index is 5.24. The molecule has 0 saturated heterocycles. The summed E-state index contributed by atoms with van der Waals surface area (Å²) >= 11 is 0. The maximum Gasteiger partial charge on any atom is 0.124 e. The Hall–Kier alpha value is -1.06. The number of para-hydroxylation sites is 2. The summed E-state index contributed by atoms with van der Waals surface area (Å²) in [6.45, 7) is 4.98. The maximum atomic E-state index is 5.24. The topological polar surface area (TPSA) is 27.1 Å². The summed E-state index contributed by atoms with van der Waals surface area (Å²) in [4.78, 5) is 4.65. The number of hydrogen-bond acceptors (Lipinski definition) is 2. The summed E-state index contributed by atoms with van der Waals surface area (Å²) in [6, 6.07) is 8.19. The Morgan fingerprint density at radius 3 is 2.65 bits per heavy atom. The highest BCUT2D eigenvalue weighted by Crippen LogP contribution is 2.18. The average molecular weight is 255 g/mol. The van der Waals surface area contributed by atoms with Crippen LogP contribution in [0, 0.1) is 5.92 Å². The molecule has 0 bridgehead atoms. The van der Waals surface area contributed by atoms with Crippen LogP contribution in [0.4, 0.5) is 0 Å². The fraction of sp³-hybridized carbons (Fsp3) is 0.462. The summed E-state index contributed by atoms with van der Waals surface area (Å²) in [5.41, 5.74) is 2.20. The fourth-order valence-corrected chi connectivity index (χ4v) is 1.92. The Balaban J connectivity index is 0.00000144. The van der Waals surface area contributed by atoms with E-state index < -0.39 is 0 Å². The second-order valence-electron chi connectivity index (χ2n) is 4.46. The number of ether oxygens (including phenoxy) is 1. The summed E-state index contributed by atoms with van der Waals surface area (Å²) < 4.78 is 7.39. The largest absolute Gasteiger partial charge is 0.364 e. The van der Waals surface area contributed by atoms with Crippen molar-refractivity contribution in [3.8, 4) is 0 Å². The van der Waals surface area contributed by atoms with E-state index in [0.717, 1.165) is 23.3 Å². The molecule has 0 fully saturated rings. The lowest BCUT2D eigenvalue weighted by atomic mass is 10.1. The average Bonchev–Trinajstić information content (AvgIpc) is 2.57. The van der Waals surface area contributed by atoms with Gasteiger partial charge in [0.2, 0.25) is 0 Å². The number of hydrogen-bond donors (Lipinski definition) is 0. The Bertz CT molecular complexity index is 479. The minimum absolute atomic E-state index is 0. The van der Waals surface area contributed by atoms with E-state index in [0.29, 0.717) is 12.6 Å². The summed E-state index contributed by atoms with van der Waals surface area (Å²) in [5, 5.41) is 0. The first-order chi connectivity index (χ1) is 7.72. The van der Waals surface area contributed by atoms with Crippen LogP contribution < -0.4 is 0 Å². The minimum atomic E-state index is 0. The standard InChI is InChI=1S/C13H18N2O.ClH/c1-10(2)8-13-14-11-6-4-5-7-12(11)15(13)9-16-3;/h4-7,10H,8-9H2,1-3H3;1H. The van der Waals surface area contributed by atoms with Gasteiger partial charge in [0.25, 0.3) is 0 Å². The molecule has 1 aromatic heterocycles. The summed E-state index contributed by atoms with van der Waals surface area (Å²) in [6.07, 6.45) is 0.984. The molecule has 94 valence electrons. The molecule has 0 spiro atoms. The van der Waals surface area contributed by atoms with Crippen LogP contribution in [-0.2, 0) is 17.9 Å². The van der Waals surface area contributed by atoms with Gasteiger partial charge in [-0.25, -0.2) is 4.98 Å². The van der Waals surface area contributed by atoms with Crippen LogP contribution in [0.15, 0.2) is 24.3 Å². The van der Waals surface area contributed by atoms with Crippen molar-refractivity contribution in [2.24, 2.45) is 5.92 Å². The molecular formula is C13H19ClN2O. The number of rotatable bonds is 4. The van der Waals surface area contributed by atoms with Gasteiger partial charge in [-0.15, -0.1) is 12.4 Å². The monoisotopic (exact) mass is 254 g/mol. The second kappa shape index (κ2) is 6.03. The quantitative estimate of drug-likeness (QED) is 0.837. The highest BCUT2D eigenvalue weighted by molar-refractivity contribution is 5.85. The highest BCUT2D eigenvalue weighted by Gasteiger charge is 2.10. The number of aromatic nitrogens is 2. The fourth-order valence-electron chi connectivity index (χ4n) is 1.92. The van der Waals surface area contributed by atoms with Gasteiger partial charge in [0.05, 0.1) is 11.0 Å². The molecule has 0 saturated carbocycles. The van der Waals surface area contributed by atoms with Crippen molar-refractivity contribution in [2.45, 2.75) is 27.0 Å². The Morgan fingerprint density at radius 1 is 1.29 bits per heavy atom. The SMILES string of the molecule is COCn1c(CC(C)C)nc2ccccc21.Cl. The first-order valence-corrected chi connectivity index (χ1v) is 5.65. The number of methoxy groups -OCH3 is 1. The Labute approximate surface area is 108 Å². The van der Waals surface area contributed by atoms with E-state index >= 15 is 0 Å². The van der Waals surface area contributed by atoms with Crippen molar-refractivity contribution >= 4 is 23.4 Å². The molecule has 0 aliphatic carbocycles. The molecule has 0 unspecified atom stereocenters. The second-order valence-corrected chi connectivity index (χ2v) is 4.46. The molecule has 0 amide bonds. The lowest BCUT2D eigenvalue weighted by Gasteiger charge is -2.09. The van der Waals surface area contributed by atoms with Crippen molar-refractivity contribution in [3.63, 3.8) is 0 Å². The van der Waals surface area contributed by atoms with E-state index in [4.69, 9.17) is 4.74 Å². The van der Waals surface area contributed by atoms with E-state index in [1.165, 1.54) is 0 Å². The molecule has 2 rings (SSSR count). The van der Waals surface area contributed by atoms with Gasteiger partial charge in [0, 0.05) is 13.5 Å². The van der Waals surface area contributed by atoms with Gasteiger partial charge in [-0.05, 0) is 18.1 Å². The predicted molar refractivity (Wildman–Crippen MR) is 72.5 cm³/mol. The van der Waals surface area contributed by atoms with E-state index in [1.807, 2.05) is 18.2 Å². The molecule has 3 nitrogen and oxygen atoms in total. The van der Waals surface area contributed by atoms with E-state index in [1.54, 1.807) is 7.11 Å². The molecule has 1 aromatic carbocycles. The Kier molecular flexibility index (Phi) is 4.97. The molecule has 4 heteroatoms. The van der Waals surface area contributed by atoms with Gasteiger partial charge in [-0.2, -0.15) is 0 Å². The van der Waals surface area contributed by atoms with Crippen LogP contribution >= 0.6 is 12.4 Å². The molecule has 0 atom stereocenters. The van der Waals surface area contributed by atoms with Crippen LogP contribution in [0.3, 0.4) is 0 Å². The van der Waals surface area contributed by atoms with Crippen molar-refractivity contribution < 1.29 is 4.74 Å². The third-order valence-electron chi connectivity index (χ3n) is 2.58. The van der Waals surface area contributed by atoms with E-state index in [2.05, 4.69) is 29.5 Å². The van der Waals surface area contributed by atoms with Crippen molar-refractivity contribution in [1.29, 1.82) is 0 Å². The van der Waals surface area contributed by atoms with Gasteiger partial charge in [-0.1, -0.05) is 26.0 Å². The Morgan fingerprint density at radius 2 is 2.00 bits per heavy atom. The number of fused-ring (bicyclic) bond motifs is 1. The highest BCUT2D eigenvalue weighted by atomic mass is 35.5. The molecule has 1 heterocycles. The number of nitrogens with zero attached hydrogens (tertiary/aromatic N) is 2. The van der Waals surface area contributed by atoms with Crippen molar-refractivity contribution in [2.75, 3.05) is 7.11 Å². The molecule has 17 heavy (non-hydrogen) atoms. The van der Waals surface area contributed by atoms with Crippen molar-refractivity contribution in [1.82, 2.24) is 9.55 Å². The number of imidazole rings is 1. The smallest absolute Gasteiger partial charge is 0.124 e. The van der Waals surface area contributed by atoms with Crippen LogP contribution in [-0.4, -0.2) is 16.7 Å². The zero-order chi connectivity index (χ0) is 11.5. The normalized spacial score (nSPS) is 10.8. The minimum Gasteiger partial charge on any atom is -0.364 e. The van der Waals surface area contributed by atoms with Crippen molar-refractivity contribution in [3.05, 3.63) is 30.1 Å². The van der Waals surface area contributed by atoms with E-state index in [9.17, 15) is 0 Å². The molecule has 0 aliphatic rings. The third-order valence-corrected chi connectivity index (χ3v) is 2.58. The van der Waals surface area contributed by atoms with E-state index in [-0.39, 0.29) is 12.4 Å². The first-order valence-electron chi connectivity index (χ1n) is 5.65. The van der Waals surface area contributed by atoms with Gasteiger partial charge < -0.3 is 9.30 Å². The third kappa shape index (κ3) is 2.99. The van der Waals surface area contributed by atoms with Crippen LogP contribution in [0.25, 0.3) is 11.0 Å². The molecular weight excluding hydrogens is 236 g/mol. The van der Waals surface area contributed by atoms with Gasteiger partial charge in [0.15, 0.2) is 0 Å². The molecule has 2 aromatic rings. The number of benzene rings is 1. The van der Waals surface area contributed by atoms with Crippen LogP contribution in [0.5, 0.6) is 0 Å². The van der Waals surface area contributed by atoms with Gasteiger partial charge >= 0.3 is 0 Å². The van der Waals surface area contributed by atoms with Crippen LogP contribution in [0.2, 0.25) is 0 Å². The molecule has 0 aliphatic heterocycles.